The molecular weight excluding hydrogens is 180 g/mol. The molecule has 5 N–H and O–H groups in total. The van der Waals surface area contributed by atoms with Gasteiger partial charge in [-0.1, -0.05) is 6.92 Å². The molecule has 0 fully saturated rings. The lowest BCUT2D eigenvalue weighted by atomic mass is 10.0. The van der Waals surface area contributed by atoms with Gasteiger partial charge in [0.2, 0.25) is 0 Å². The highest BCUT2D eigenvalue weighted by Crippen LogP contribution is 2.16. The lowest BCUT2D eigenvalue weighted by Crippen LogP contribution is -2.12. The molecule has 4 heteroatoms. The number of benzene rings is 1. The molecule has 0 saturated carbocycles. The molecule has 4 nitrogen and oxygen atoms in total. The third-order valence-corrected chi connectivity index (χ3v) is 2.00. The normalized spacial score (nSPS) is 12.4. The molecule has 0 radical (unpaired) electrons. The van der Waals surface area contributed by atoms with Crippen molar-refractivity contribution in [1.29, 1.82) is 0 Å². The van der Waals surface area contributed by atoms with E-state index in [4.69, 9.17) is 16.6 Å². The summed E-state index contributed by atoms with van der Waals surface area (Å²) in [6.07, 6.45) is 0.449. The monoisotopic (exact) mass is 194 g/mol. The van der Waals surface area contributed by atoms with E-state index in [1.165, 1.54) is 0 Å². The van der Waals surface area contributed by atoms with Crippen LogP contribution in [0.15, 0.2) is 18.2 Å². The van der Waals surface area contributed by atoms with Gasteiger partial charge in [-0.2, -0.15) is 0 Å². The molecule has 76 valence electrons. The zero-order valence-electron chi connectivity index (χ0n) is 8.03. The van der Waals surface area contributed by atoms with E-state index < -0.39 is 11.9 Å². The van der Waals surface area contributed by atoms with E-state index >= 15 is 0 Å². The van der Waals surface area contributed by atoms with Gasteiger partial charge in [-0.25, -0.2) is 0 Å². The summed E-state index contributed by atoms with van der Waals surface area (Å²) in [4.78, 5) is 10.6. The van der Waals surface area contributed by atoms with Crippen LogP contribution in [0.25, 0.3) is 0 Å². The van der Waals surface area contributed by atoms with Crippen molar-refractivity contribution in [2.24, 2.45) is 5.92 Å². The van der Waals surface area contributed by atoms with E-state index in [1.54, 1.807) is 25.1 Å². The second-order valence-corrected chi connectivity index (χ2v) is 3.45. The summed E-state index contributed by atoms with van der Waals surface area (Å²) in [7, 11) is 0. The molecule has 0 amide bonds. The Bertz CT molecular complexity index is 330. The van der Waals surface area contributed by atoms with Crippen molar-refractivity contribution in [3.63, 3.8) is 0 Å². The van der Waals surface area contributed by atoms with Crippen LogP contribution in [0.1, 0.15) is 12.5 Å². The van der Waals surface area contributed by atoms with Gasteiger partial charge in [0.15, 0.2) is 0 Å². The molecule has 14 heavy (non-hydrogen) atoms. The Labute approximate surface area is 82.5 Å². The van der Waals surface area contributed by atoms with Crippen LogP contribution in [0.2, 0.25) is 0 Å². The quantitative estimate of drug-likeness (QED) is 0.629. The molecule has 0 aromatic heterocycles. The van der Waals surface area contributed by atoms with Crippen LogP contribution < -0.4 is 11.5 Å². The number of hydrogen-bond acceptors (Lipinski definition) is 3. The number of carbonyl (C=O) groups is 1. The number of nitrogen functional groups attached to an aromatic ring is 2. The summed E-state index contributed by atoms with van der Waals surface area (Å²) < 4.78 is 0. The van der Waals surface area contributed by atoms with Crippen molar-refractivity contribution in [1.82, 2.24) is 0 Å². The number of carboxylic acids is 1. The van der Waals surface area contributed by atoms with Crippen molar-refractivity contribution in [3.05, 3.63) is 23.8 Å². The molecule has 1 aromatic rings. The largest absolute Gasteiger partial charge is 0.481 e. The zero-order valence-corrected chi connectivity index (χ0v) is 8.03. The number of anilines is 2. The van der Waals surface area contributed by atoms with Crippen LogP contribution in [-0.4, -0.2) is 11.1 Å². The van der Waals surface area contributed by atoms with Gasteiger partial charge in [-0.05, 0) is 30.2 Å². The highest BCUT2D eigenvalue weighted by atomic mass is 16.4. The van der Waals surface area contributed by atoms with Crippen LogP contribution in [0.4, 0.5) is 11.4 Å². The number of rotatable bonds is 3. The van der Waals surface area contributed by atoms with E-state index in [9.17, 15) is 4.79 Å². The highest BCUT2D eigenvalue weighted by Gasteiger charge is 2.11. The van der Waals surface area contributed by atoms with Gasteiger partial charge in [0, 0.05) is 11.4 Å². The van der Waals surface area contributed by atoms with E-state index in [0.717, 1.165) is 5.56 Å². The molecule has 1 aromatic carbocycles. The molecule has 0 bridgehead atoms. The predicted octanol–water partition coefficient (Wildman–Crippen LogP) is 1.11. The van der Waals surface area contributed by atoms with Crippen LogP contribution in [0.5, 0.6) is 0 Å². The maximum Gasteiger partial charge on any atom is 0.306 e. The second kappa shape index (κ2) is 4.00. The van der Waals surface area contributed by atoms with Crippen molar-refractivity contribution in [2.45, 2.75) is 13.3 Å². The van der Waals surface area contributed by atoms with Gasteiger partial charge >= 0.3 is 5.97 Å². The fourth-order valence-electron chi connectivity index (χ4n) is 1.30. The average molecular weight is 194 g/mol. The Balaban J connectivity index is 2.81. The predicted molar refractivity (Wildman–Crippen MR) is 55.8 cm³/mol. The molecule has 0 saturated heterocycles. The first-order chi connectivity index (χ1) is 6.49. The molecular formula is C10H14N2O2. The number of carboxylic acid groups (broad SMARTS) is 1. The Morgan fingerprint density at radius 3 is 2.29 bits per heavy atom. The minimum absolute atomic E-state index is 0.420. The van der Waals surface area contributed by atoms with Crippen LogP contribution in [-0.2, 0) is 11.2 Å². The standard InChI is InChI=1S/C10H14N2O2/c1-6(10(13)14)2-7-3-8(11)5-9(12)4-7/h3-6H,2,11-12H2,1H3,(H,13,14). The van der Waals surface area contributed by atoms with E-state index in [2.05, 4.69) is 0 Å². The topological polar surface area (TPSA) is 89.3 Å². The molecule has 0 aliphatic carbocycles. The maximum absolute atomic E-state index is 10.6. The summed E-state index contributed by atoms with van der Waals surface area (Å²) in [5, 5.41) is 8.72. The number of aliphatic carboxylic acids is 1. The van der Waals surface area contributed by atoms with Gasteiger partial charge in [-0.15, -0.1) is 0 Å². The van der Waals surface area contributed by atoms with E-state index in [-0.39, 0.29) is 0 Å². The van der Waals surface area contributed by atoms with Crippen LogP contribution in [0, 0.1) is 5.92 Å². The lowest BCUT2D eigenvalue weighted by molar-refractivity contribution is -0.141. The summed E-state index contributed by atoms with van der Waals surface area (Å²) in [6, 6.07) is 5.14. The smallest absolute Gasteiger partial charge is 0.306 e. The third-order valence-electron chi connectivity index (χ3n) is 2.00. The first kappa shape index (κ1) is 10.4. The van der Waals surface area contributed by atoms with Crippen LogP contribution >= 0.6 is 0 Å². The Kier molecular flexibility index (Phi) is 2.96. The zero-order chi connectivity index (χ0) is 10.7. The molecule has 1 atom stereocenters. The van der Waals surface area contributed by atoms with Crippen molar-refractivity contribution in [2.75, 3.05) is 11.5 Å². The fraction of sp³-hybridized carbons (Fsp3) is 0.300. The van der Waals surface area contributed by atoms with Crippen molar-refractivity contribution < 1.29 is 9.90 Å². The molecule has 1 unspecified atom stereocenters. The van der Waals surface area contributed by atoms with Gasteiger partial charge in [0.1, 0.15) is 0 Å². The second-order valence-electron chi connectivity index (χ2n) is 3.45. The molecule has 0 spiro atoms. The highest BCUT2D eigenvalue weighted by molar-refractivity contribution is 5.70. The van der Waals surface area contributed by atoms with Gasteiger partial charge in [0.25, 0.3) is 0 Å². The van der Waals surface area contributed by atoms with Gasteiger partial charge < -0.3 is 16.6 Å². The third kappa shape index (κ3) is 2.65. The van der Waals surface area contributed by atoms with E-state index in [0.29, 0.717) is 17.8 Å². The Hall–Kier alpha value is -1.71. The SMILES string of the molecule is CC(Cc1cc(N)cc(N)c1)C(=O)O. The van der Waals surface area contributed by atoms with Gasteiger partial charge in [-0.3, -0.25) is 4.79 Å². The van der Waals surface area contributed by atoms with Gasteiger partial charge in [0.05, 0.1) is 5.92 Å². The first-order valence-electron chi connectivity index (χ1n) is 4.36. The Morgan fingerprint density at radius 2 is 1.86 bits per heavy atom. The Morgan fingerprint density at radius 1 is 1.36 bits per heavy atom. The molecule has 0 aliphatic heterocycles. The average Bonchev–Trinajstić information content (AvgIpc) is 2.01. The minimum Gasteiger partial charge on any atom is -0.481 e. The van der Waals surface area contributed by atoms with Crippen LogP contribution in [0.3, 0.4) is 0 Å². The number of hydrogen-bond donors (Lipinski definition) is 3. The summed E-state index contributed by atoms with van der Waals surface area (Å²) in [6.45, 7) is 1.65. The van der Waals surface area contributed by atoms with Crippen molar-refractivity contribution in [3.8, 4) is 0 Å². The van der Waals surface area contributed by atoms with E-state index in [1.807, 2.05) is 0 Å². The molecule has 1 rings (SSSR count). The fourth-order valence-corrected chi connectivity index (χ4v) is 1.30. The lowest BCUT2D eigenvalue weighted by Gasteiger charge is -2.07. The number of nitrogens with two attached hydrogens (primary N) is 2. The summed E-state index contributed by atoms with van der Waals surface area (Å²) >= 11 is 0. The molecule has 0 heterocycles. The summed E-state index contributed by atoms with van der Waals surface area (Å²) in [5.74, 6) is -1.23. The summed E-state index contributed by atoms with van der Waals surface area (Å²) in [5.41, 5.74) is 13.2. The molecule has 0 aliphatic rings. The minimum atomic E-state index is -0.814. The first-order valence-corrected chi connectivity index (χ1v) is 4.36. The maximum atomic E-state index is 10.6. The van der Waals surface area contributed by atoms with Crippen molar-refractivity contribution >= 4 is 17.3 Å².